The lowest BCUT2D eigenvalue weighted by Gasteiger charge is -2.35. The fourth-order valence-corrected chi connectivity index (χ4v) is 6.49. The highest BCUT2D eigenvalue weighted by atomic mass is 32.2. The molecule has 0 aromatic heterocycles. The third-order valence-corrected chi connectivity index (χ3v) is 9.11. The zero-order valence-corrected chi connectivity index (χ0v) is 27.1. The van der Waals surface area contributed by atoms with Gasteiger partial charge in [-0.05, 0) is 70.0 Å². The second-order valence-corrected chi connectivity index (χ2v) is 14.0. The maximum Gasteiger partial charge on any atom is 0.264 e. The topological polar surface area (TPSA) is 86.8 Å². The molecule has 1 atom stereocenters. The number of aryl methyl sites for hydroxylation is 2. The van der Waals surface area contributed by atoms with Gasteiger partial charge in [0.2, 0.25) is 11.8 Å². The molecular formula is C36H40FN3O4S. The highest BCUT2D eigenvalue weighted by molar-refractivity contribution is 7.92. The first-order chi connectivity index (χ1) is 21.3. The molecule has 0 fully saturated rings. The number of hydrogen-bond acceptors (Lipinski definition) is 4. The van der Waals surface area contributed by atoms with Gasteiger partial charge < -0.3 is 10.2 Å². The Bertz CT molecular complexity index is 1740. The molecule has 0 radical (unpaired) electrons. The number of benzene rings is 4. The van der Waals surface area contributed by atoms with Crippen LogP contribution in [0.2, 0.25) is 0 Å². The molecule has 0 heterocycles. The van der Waals surface area contributed by atoms with Crippen LogP contribution in [0.15, 0.2) is 108 Å². The molecule has 4 aromatic rings. The molecule has 1 N–H and O–H groups in total. The SMILES string of the molecule is Cc1ccc(S(=O)(=O)N(CC(=O)N(Cc2ccccc2F)C(Cc2ccccc2)C(=O)NC(C)(C)C)c2ccccc2C)cc1. The molecule has 7 nitrogen and oxygen atoms in total. The van der Waals surface area contributed by atoms with Gasteiger partial charge in [-0.25, -0.2) is 12.8 Å². The molecule has 0 saturated heterocycles. The molecule has 9 heteroatoms. The number of nitrogens with one attached hydrogen (secondary N) is 1. The fraction of sp³-hybridized carbons (Fsp3) is 0.278. The van der Waals surface area contributed by atoms with Crippen molar-refractivity contribution in [2.45, 2.75) is 64.1 Å². The number of amides is 2. The Morgan fingerprint density at radius 2 is 1.42 bits per heavy atom. The summed E-state index contributed by atoms with van der Waals surface area (Å²) in [6.45, 7) is 8.28. The summed E-state index contributed by atoms with van der Waals surface area (Å²) >= 11 is 0. The van der Waals surface area contributed by atoms with Crippen molar-refractivity contribution in [3.8, 4) is 0 Å². The summed E-state index contributed by atoms with van der Waals surface area (Å²) in [6, 6.07) is 27.5. The van der Waals surface area contributed by atoms with E-state index < -0.39 is 45.8 Å². The molecule has 45 heavy (non-hydrogen) atoms. The van der Waals surface area contributed by atoms with Crippen LogP contribution < -0.4 is 9.62 Å². The Hall–Kier alpha value is -4.50. The van der Waals surface area contributed by atoms with E-state index in [1.807, 2.05) is 58.0 Å². The van der Waals surface area contributed by atoms with Crippen LogP contribution in [0, 0.1) is 19.7 Å². The number of carbonyl (C=O) groups excluding carboxylic acids is 2. The molecule has 0 spiro atoms. The van der Waals surface area contributed by atoms with Crippen molar-refractivity contribution in [3.05, 3.63) is 131 Å². The van der Waals surface area contributed by atoms with E-state index in [-0.39, 0.29) is 23.4 Å². The maximum atomic E-state index is 15.1. The van der Waals surface area contributed by atoms with Crippen molar-refractivity contribution in [2.75, 3.05) is 10.8 Å². The van der Waals surface area contributed by atoms with Gasteiger partial charge in [-0.3, -0.25) is 13.9 Å². The lowest BCUT2D eigenvalue weighted by Crippen LogP contribution is -2.56. The van der Waals surface area contributed by atoms with Crippen LogP contribution >= 0.6 is 0 Å². The Kier molecular flexibility index (Phi) is 10.4. The predicted octanol–water partition coefficient (Wildman–Crippen LogP) is 6.19. The second kappa shape index (κ2) is 14.1. The summed E-state index contributed by atoms with van der Waals surface area (Å²) in [5.74, 6) is -1.62. The fourth-order valence-electron chi connectivity index (χ4n) is 5.01. The van der Waals surface area contributed by atoms with E-state index in [1.54, 1.807) is 61.5 Å². The molecule has 4 aromatic carbocycles. The van der Waals surface area contributed by atoms with Gasteiger partial charge in [0.05, 0.1) is 10.6 Å². The molecule has 0 saturated carbocycles. The van der Waals surface area contributed by atoms with Gasteiger partial charge in [0, 0.05) is 24.1 Å². The molecule has 0 bridgehead atoms. The average molecular weight is 630 g/mol. The maximum absolute atomic E-state index is 15.1. The first-order valence-corrected chi connectivity index (χ1v) is 16.2. The summed E-state index contributed by atoms with van der Waals surface area (Å²) < 4.78 is 44.5. The highest BCUT2D eigenvalue weighted by Gasteiger charge is 2.36. The zero-order valence-electron chi connectivity index (χ0n) is 26.3. The lowest BCUT2D eigenvalue weighted by atomic mass is 10.0. The van der Waals surface area contributed by atoms with Crippen molar-refractivity contribution in [3.63, 3.8) is 0 Å². The van der Waals surface area contributed by atoms with E-state index in [4.69, 9.17) is 0 Å². The average Bonchev–Trinajstić information content (AvgIpc) is 2.98. The van der Waals surface area contributed by atoms with E-state index in [9.17, 15) is 18.0 Å². The molecule has 0 aliphatic rings. The quantitative estimate of drug-likeness (QED) is 0.214. The number of rotatable bonds is 11. The Balaban J connectivity index is 1.84. The largest absolute Gasteiger partial charge is 0.350 e. The van der Waals surface area contributed by atoms with Crippen molar-refractivity contribution < 1.29 is 22.4 Å². The third kappa shape index (κ3) is 8.57. The van der Waals surface area contributed by atoms with E-state index in [2.05, 4.69) is 5.32 Å². The van der Waals surface area contributed by atoms with Gasteiger partial charge in [-0.2, -0.15) is 0 Å². The van der Waals surface area contributed by atoms with Crippen LogP contribution in [-0.4, -0.2) is 43.3 Å². The highest BCUT2D eigenvalue weighted by Crippen LogP contribution is 2.28. The Morgan fingerprint density at radius 3 is 2.04 bits per heavy atom. The first-order valence-electron chi connectivity index (χ1n) is 14.8. The number of sulfonamides is 1. The molecule has 236 valence electrons. The predicted molar refractivity (Wildman–Crippen MR) is 176 cm³/mol. The van der Waals surface area contributed by atoms with Crippen molar-refractivity contribution in [1.82, 2.24) is 10.2 Å². The third-order valence-electron chi connectivity index (χ3n) is 7.34. The van der Waals surface area contributed by atoms with Gasteiger partial charge >= 0.3 is 0 Å². The minimum absolute atomic E-state index is 0.0242. The zero-order chi connectivity index (χ0) is 32.8. The van der Waals surface area contributed by atoms with Crippen molar-refractivity contribution in [1.29, 1.82) is 0 Å². The second-order valence-electron chi connectivity index (χ2n) is 12.2. The number of carbonyl (C=O) groups is 2. The number of para-hydroxylation sites is 1. The molecular weight excluding hydrogens is 589 g/mol. The molecule has 0 aliphatic carbocycles. The first kappa shape index (κ1) is 33.4. The number of anilines is 1. The van der Waals surface area contributed by atoms with E-state index in [0.29, 0.717) is 11.3 Å². The van der Waals surface area contributed by atoms with Crippen LogP contribution in [0.4, 0.5) is 10.1 Å². The minimum atomic E-state index is -4.23. The molecule has 4 rings (SSSR count). The van der Waals surface area contributed by atoms with E-state index in [0.717, 1.165) is 15.4 Å². The smallest absolute Gasteiger partial charge is 0.264 e. The van der Waals surface area contributed by atoms with Gasteiger partial charge in [-0.15, -0.1) is 0 Å². The van der Waals surface area contributed by atoms with Gasteiger partial charge in [-0.1, -0.05) is 84.4 Å². The lowest BCUT2D eigenvalue weighted by molar-refractivity contribution is -0.140. The van der Waals surface area contributed by atoms with Crippen LogP contribution in [0.25, 0.3) is 0 Å². The van der Waals surface area contributed by atoms with Crippen molar-refractivity contribution in [2.24, 2.45) is 0 Å². The summed E-state index contributed by atoms with van der Waals surface area (Å²) in [4.78, 5) is 29.7. The van der Waals surface area contributed by atoms with Crippen LogP contribution in [0.1, 0.15) is 43.0 Å². The normalized spacial score (nSPS) is 12.3. The van der Waals surface area contributed by atoms with E-state index in [1.165, 1.54) is 23.1 Å². The number of halogens is 1. The Labute approximate surface area is 265 Å². The molecule has 0 aliphatic heterocycles. The van der Waals surface area contributed by atoms with Crippen LogP contribution in [-0.2, 0) is 32.6 Å². The van der Waals surface area contributed by atoms with Gasteiger partial charge in [0.15, 0.2) is 0 Å². The summed E-state index contributed by atoms with van der Waals surface area (Å²) in [5, 5.41) is 2.97. The molecule has 2 amide bonds. The number of nitrogens with zero attached hydrogens (tertiary/aromatic N) is 2. The van der Waals surface area contributed by atoms with Crippen LogP contribution in [0.5, 0.6) is 0 Å². The molecule has 1 unspecified atom stereocenters. The van der Waals surface area contributed by atoms with Crippen LogP contribution in [0.3, 0.4) is 0 Å². The van der Waals surface area contributed by atoms with Gasteiger partial charge in [0.1, 0.15) is 18.4 Å². The summed E-state index contributed by atoms with van der Waals surface area (Å²) in [7, 11) is -4.23. The Morgan fingerprint density at radius 1 is 0.822 bits per heavy atom. The number of hydrogen-bond donors (Lipinski definition) is 1. The van der Waals surface area contributed by atoms with Gasteiger partial charge in [0.25, 0.3) is 10.0 Å². The minimum Gasteiger partial charge on any atom is -0.350 e. The van der Waals surface area contributed by atoms with E-state index >= 15 is 4.39 Å². The standard InChI is InChI=1S/C36H40FN3O4S/c1-26-19-21-30(22-20-26)45(43,44)40(32-18-12-9-13-27(32)2)25-34(41)39(24-29-16-10-11-17-31(29)37)33(35(42)38-36(3,4)5)23-28-14-7-6-8-15-28/h6-22,33H,23-25H2,1-5H3,(H,38,42). The summed E-state index contributed by atoms with van der Waals surface area (Å²) in [5.41, 5.74) is 2.24. The monoisotopic (exact) mass is 629 g/mol. The van der Waals surface area contributed by atoms with Crippen molar-refractivity contribution >= 4 is 27.5 Å². The summed E-state index contributed by atoms with van der Waals surface area (Å²) in [6.07, 6.45) is 0.137.